The van der Waals surface area contributed by atoms with Crippen LogP contribution in [0.25, 0.3) is 0 Å². The average Bonchev–Trinajstić information content (AvgIpc) is 2.73. The SMILES string of the molecule is CC[C@H](NC(=O)CCCN(c1cc(C)cc(C)c1)S(C)(=O)=O)c1ccc2c(c1)CCCC2. The molecule has 5 nitrogen and oxygen atoms in total. The smallest absolute Gasteiger partial charge is 0.232 e. The van der Waals surface area contributed by atoms with Gasteiger partial charge >= 0.3 is 0 Å². The van der Waals surface area contributed by atoms with Gasteiger partial charge in [0.15, 0.2) is 0 Å². The van der Waals surface area contributed by atoms with Crippen LogP contribution in [0.5, 0.6) is 0 Å². The third kappa shape index (κ3) is 6.35. The zero-order valence-electron chi connectivity index (χ0n) is 19.8. The highest BCUT2D eigenvalue weighted by atomic mass is 32.2. The Hall–Kier alpha value is -2.34. The molecule has 0 unspecified atom stereocenters. The lowest BCUT2D eigenvalue weighted by atomic mass is 9.89. The number of nitrogens with one attached hydrogen (secondary N) is 1. The number of carbonyl (C=O) groups is 1. The van der Waals surface area contributed by atoms with Crippen LogP contribution in [0, 0.1) is 13.8 Å². The Labute approximate surface area is 193 Å². The van der Waals surface area contributed by atoms with Crippen LogP contribution < -0.4 is 9.62 Å². The molecule has 0 spiro atoms. The van der Waals surface area contributed by atoms with E-state index in [-0.39, 0.29) is 24.9 Å². The van der Waals surface area contributed by atoms with Gasteiger partial charge in [0.2, 0.25) is 15.9 Å². The molecular formula is C26H36N2O3S. The first kappa shape index (κ1) is 24.3. The van der Waals surface area contributed by atoms with E-state index in [9.17, 15) is 13.2 Å². The summed E-state index contributed by atoms with van der Waals surface area (Å²) < 4.78 is 26.2. The summed E-state index contributed by atoms with van der Waals surface area (Å²) in [5.74, 6) is -0.0385. The minimum Gasteiger partial charge on any atom is -0.349 e. The second-order valence-electron chi connectivity index (χ2n) is 9.05. The van der Waals surface area contributed by atoms with E-state index >= 15 is 0 Å². The lowest BCUT2D eigenvalue weighted by Gasteiger charge is -2.24. The minimum absolute atomic E-state index is 0.0137. The molecule has 1 N–H and O–H groups in total. The van der Waals surface area contributed by atoms with Crippen molar-refractivity contribution in [2.24, 2.45) is 0 Å². The van der Waals surface area contributed by atoms with E-state index in [1.807, 2.05) is 32.0 Å². The molecule has 1 atom stereocenters. The lowest BCUT2D eigenvalue weighted by Crippen LogP contribution is -2.33. The van der Waals surface area contributed by atoms with Crippen molar-refractivity contribution in [1.29, 1.82) is 0 Å². The minimum atomic E-state index is -3.43. The number of rotatable bonds is 9. The van der Waals surface area contributed by atoms with E-state index in [0.29, 0.717) is 12.1 Å². The molecule has 0 saturated carbocycles. The third-order valence-electron chi connectivity index (χ3n) is 6.18. The van der Waals surface area contributed by atoms with Crippen LogP contribution in [0.15, 0.2) is 36.4 Å². The number of anilines is 1. The van der Waals surface area contributed by atoms with Gasteiger partial charge in [0.05, 0.1) is 18.0 Å². The standard InChI is InChI=1S/C26H36N2O3S/c1-5-25(23-13-12-21-9-6-7-10-22(21)18-23)27-26(29)11-8-14-28(32(4,30)31)24-16-19(2)15-20(3)17-24/h12-13,15-18,25H,5-11,14H2,1-4H3,(H,27,29)/t25-/m0/s1. The van der Waals surface area contributed by atoms with Gasteiger partial charge in [-0.25, -0.2) is 8.42 Å². The number of hydrogen-bond acceptors (Lipinski definition) is 3. The highest BCUT2D eigenvalue weighted by Crippen LogP contribution is 2.26. The predicted molar refractivity (Wildman–Crippen MR) is 132 cm³/mol. The second kappa shape index (κ2) is 10.5. The molecule has 0 bridgehead atoms. The number of aryl methyl sites for hydroxylation is 4. The molecule has 2 aromatic rings. The maximum Gasteiger partial charge on any atom is 0.232 e. The van der Waals surface area contributed by atoms with Crippen LogP contribution in [-0.4, -0.2) is 27.1 Å². The molecule has 0 radical (unpaired) electrons. The van der Waals surface area contributed by atoms with Gasteiger partial charge in [-0.15, -0.1) is 0 Å². The number of fused-ring (bicyclic) bond motifs is 1. The fraction of sp³-hybridized carbons (Fsp3) is 0.500. The van der Waals surface area contributed by atoms with Crippen LogP contribution >= 0.6 is 0 Å². The Kier molecular flexibility index (Phi) is 7.99. The van der Waals surface area contributed by atoms with Crippen LogP contribution in [0.2, 0.25) is 0 Å². The maximum absolute atomic E-state index is 12.7. The van der Waals surface area contributed by atoms with Crippen molar-refractivity contribution >= 4 is 21.6 Å². The third-order valence-corrected chi connectivity index (χ3v) is 7.37. The molecule has 0 saturated heterocycles. The molecule has 2 aromatic carbocycles. The number of sulfonamides is 1. The second-order valence-corrected chi connectivity index (χ2v) is 11.0. The maximum atomic E-state index is 12.7. The van der Waals surface area contributed by atoms with E-state index in [1.54, 1.807) is 0 Å². The Morgan fingerprint density at radius 2 is 1.69 bits per heavy atom. The van der Waals surface area contributed by atoms with E-state index in [1.165, 1.54) is 34.5 Å². The number of nitrogens with zero attached hydrogens (tertiary/aromatic N) is 1. The topological polar surface area (TPSA) is 66.5 Å². The van der Waals surface area contributed by atoms with Crippen molar-refractivity contribution in [2.75, 3.05) is 17.1 Å². The average molecular weight is 457 g/mol. The molecule has 6 heteroatoms. The lowest BCUT2D eigenvalue weighted by molar-refractivity contribution is -0.121. The Morgan fingerprint density at radius 1 is 1.03 bits per heavy atom. The molecule has 1 aliphatic rings. The summed E-state index contributed by atoms with van der Waals surface area (Å²) in [6.07, 6.45) is 7.55. The highest BCUT2D eigenvalue weighted by Gasteiger charge is 2.20. The monoisotopic (exact) mass is 456 g/mol. The van der Waals surface area contributed by atoms with E-state index in [4.69, 9.17) is 0 Å². The fourth-order valence-electron chi connectivity index (χ4n) is 4.62. The summed E-state index contributed by atoms with van der Waals surface area (Å²) in [7, 11) is -3.43. The van der Waals surface area contributed by atoms with Gasteiger partial charge in [-0.2, -0.15) is 0 Å². The van der Waals surface area contributed by atoms with Crippen molar-refractivity contribution in [1.82, 2.24) is 5.32 Å². The summed E-state index contributed by atoms with van der Waals surface area (Å²) in [5, 5.41) is 3.15. The summed E-state index contributed by atoms with van der Waals surface area (Å²) in [6.45, 7) is 6.27. The first-order valence-corrected chi connectivity index (χ1v) is 13.5. The van der Waals surface area contributed by atoms with E-state index in [2.05, 4.69) is 30.4 Å². The molecule has 32 heavy (non-hydrogen) atoms. The van der Waals surface area contributed by atoms with Crippen LogP contribution in [-0.2, 0) is 27.7 Å². The molecule has 0 aromatic heterocycles. The molecule has 1 aliphatic carbocycles. The predicted octanol–water partition coefficient (Wildman–Crippen LogP) is 5.00. The molecule has 0 fully saturated rings. The molecular weight excluding hydrogens is 420 g/mol. The van der Waals surface area contributed by atoms with Gasteiger partial charge < -0.3 is 5.32 Å². The Bertz CT molecular complexity index is 1040. The number of benzene rings is 2. The van der Waals surface area contributed by atoms with Gasteiger partial charge in [0.1, 0.15) is 0 Å². The van der Waals surface area contributed by atoms with Gasteiger partial charge in [-0.3, -0.25) is 9.10 Å². The largest absolute Gasteiger partial charge is 0.349 e. The van der Waals surface area contributed by atoms with Crippen molar-refractivity contribution < 1.29 is 13.2 Å². The van der Waals surface area contributed by atoms with Crippen LogP contribution in [0.3, 0.4) is 0 Å². The van der Waals surface area contributed by atoms with Gasteiger partial charge in [-0.1, -0.05) is 31.2 Å². The van der Waals surface area contributed by atoms with Crippen LogP contribution in [0.4, 0.5) is 5.69 Å². The van der Waals surface area contributed by atoms with Crippen molar-refractivity contribution in [3.05, 3.63) is 64.2 Å². The highest BCUT2D eigenvalue weighted by molar-refractivity contribution is 7.92. The zero-order valence-corrected chi connectivity index (χ0v) is 20.6. The van der Waals surface area contributed by atoms with E-state index < -0.39 is 10.0 Å². The zero-order chi connectivity index (χ0) is 23.3. The fourth-order valence-corrected chi connectivity index (χ4v) is 5.57. The van der Waals surface area contributed by atoms with Gasteiger partial charge in [0, 0.05) is 13.0 Å². The number of carbonyl (C=O) groups excluding carboxylic acids is 1. The number of hydrogen-bond donors (Lipinski definition) is 1. The molecule has 0 aliphatic heterocycles. The Morgan fingerprint density at radius 3 is 2.31 bits per heavy atom. The Balaban J connectivity index is 1.61. The number of amides is 1. The first-order chi connectivity index (χ1) is 15.2. The van der Waals surface area contributed by atoms with Gasteiger partial charge in [-0.05, 0) is 92.3 Å². The normalized spacial score (nSPS) is 14.5. The molecule has 174 valence electrons. The summed E-state index contributed by atoms with van der Waals surface area (Å²) in [6, 6.07) is 12.4. The van der Waals surface area contributed by atoms with Crippen molar-refractivity contribution in [3.63, 3.8) is 0 Å². The summed E-state index contributed by atoms with van der Waals surface area (Å²) in [5.41, 5.74) is 6.71. The summed E-state index contributed by atoms with van der Waals surface area (Å²) in [4.78, 5) is 12.7. The molecule has 3 rings (SSSR count). The molecule has 0 heterocycles. The van der Waals surface area contributed by atoms with Crippen molar-refractivity contribution in [3.8, 4) is 0 Å². The van der Waals surface area contributed by atoms with Crippen molar-refractivity contribution in [2.45, 2.75) is 71.8 Å². The first-order valence-electron chi connectivity index (χ1n) is 11.6. The summed E-state index contributed by atoms with van der Waals surface area (Å²) >= 11 is 0. The molecule has 1 amide bonds. The quantitative estimate of drug-likeness (QED) is 0.578. The van der Waals surface area contributed by atoms with Crippen LogP contribution in [0.1, 0.15) is 72.9 Å². The van der Waals surface area contributed by atoms with Gasteiger partial charge in [0.25, 0.3) is 0 Å². The van der Waals surface area contributed by atoms with E-state index in [0.717, 1.165) is 36.0 Å².